The number of rotatable bonds is 3. The Morgan fingerprint density at radius 1 is 1.53 bits per heavy atom. The molecule has 5 nitrogen and oxygen atoms in total. The highest BCUT2D eigenvalue weighted by Gasteiger charge is 2.29. The van der Waals surface area contributed by atoms with Crippen LogP contribution in [0.5, 0.6) is 0 Å². The highest BCUT2D eigenvalue weighted by Crippen LogP contribution is 2.23. The number of nitrogens with zero attached hydrogens (tertiary/aromatic N) is 2. The van der Waals surface area contributed by atoms with E-state index in [1.54, 1.807) is 0 Å². The maximum absolute atomic E-state index is 12.5. The number of carbonyl (C=O) groups excluding carboxylic acids is 1. The molecule has 1 aromatic heterocycles. The lowest BCUT2D eigenvalue weighted by Crippen LogP contribution is -2.42. The van der Waals surface area contributed by atoms with Gasteiger partial charge in [0.15, 0.2) is 0 Å². The molecule has 2 heterocycles. The van der Waals surface area contributed by atoms with E-state index in [1.807, 2.05) is 25.7 Å². The van der Waals surface area contributed by atoms with Gasteiger partial charge in [0.05, 0.1) is 5.69 Å². The van der Waals surface area contributed by atoms with Crippen LogP contribution in [0.3, 0.4) is 0 Å². The summed E-state index contributed by atoms with van der Waals surface area (Å²) in [6.07, 6.45) is 2.66. The number of likely N-dealkylation sites (tertiary alicyclic amines) is 1. The summed E-state index contributed by atoms with van der Waals surface area (Å²) in [5.74, 6) is 1.27. The van der Waals surface area contributed by atoms with Crippen molar-refractivity contribution in [3.8, 4) is 0 Å². The number of aryl methyl sites for hydroxylation is 2. The third kappa shape index (κ3) is 2.81. The van der Waals surface area contributed by atoms with Crippen molar-refractivity contribution in [2.75, 3.05) is 13.1 Å². The van der Waals surface area contributed by atoms with Crippen LogP contribution in [0.15, 0.2) is 4.52 Å². The molecule has 5 heteroatoms. The second-order valence-electron chi connectivity index (χ2n) is 5.41. The molecule has 2 N–H and O–H groups in total. The monoisotopic (exact) mass is 265 g/mol. The second kappa shape index (κ2) is 5.74. The first-order valence-electron chi connectivity index (χ1n) is 7.04. The van der Waals surface area contributed by atoms with E-state index < -0.39 is 0 Å². The molecule has 1 amide bonds. The molecular formula is C14H23N3O2. The summed E-state index contributed by atoms with van der Waals surface area (Å²) in [5, 5.41) is 3.90. The summed E-state index contributed by atoms with van der Waals surface area (Å²) in [6.45, 7) is 7.39. The van der Waals surface area contributed by atoms with Crippen molar-refractivity contribution in [2.24, 2.45) is 11.7 Å². The molecule has 1 aliphatic heterocycles. The Bertz CT molecular complexity index is 446. The molecule has 106 valence electrons. The van der Waals surface area contributed by atoms with E-state index in [2.05, 4.69) is 5.16 Å². The number of carbonyl (C=O) groups is 1. The number of nitrogens with two attached hydrogens (primary N) is 1. The first kappa shape index (κ1) is 14.1. The summed E-state index contributed by atoms with van der Waals surface area (Å²) in [5.41, 5.74) is 7.27. The van der Waals surface area contributed by atoms with E-state index in [0.29, 0.717) is 29.4 Å². The van der Waals surface area contributed by atoms with Crippen molar-refractivity contribution >= 4 is 5.91 Å². The predicted molar refractivity (Wildman–Crippen MR) is 72.9 cm³/mol. The molecule has 0 aliphatic carbocycles. The average molecular weight is 265 g/mol. The molecule has 1 atom stereocenters. The largest absolute Gasteiger partial charge is 0.360 e. The Labute approximate surface area is 114 Å². The van der Waals surface area contributed by atoms with Gasteiger partial charge in [-0.3, -0.25) is 4.79 Å². The van der Waals surface area contributed by atoms with Gasteiger partial charge in [0.2, 0.25) is 0 Å². The zero-order valence-corrected chi connectivity index (χ0v) is 12.0. The zero-order valence-electron chi connectivity index (χ0n) is 12.0. The molecule has 0 bridgehead atoms. The lowest BCUT2D eigenvalue weighted by atomic mass is 9.90. The third-order valence-corrected chi connectivity index (χ3v) is 4.04. The Balaban J connectivity index is 2.07. The van der Waals surface area contributed by atoms with Gasteiger partial charge in [0.1, 0.15) is 11.3 Å². The van der Waals surface area contributed by atoms with Gasteiger partial charge >= 0.3 is 0 Å². The van der Waals surface area contributed by atoms with Gasteiger partial charge in [-0.2, -0.15) is 0 Å². The molecule has 2 rings (SSSR count). The molecule has 0 radical (unpaired) electrons. The van der Waals surface area contributed by atoms with Crippen LogP contribution in [-0.2, 0) is 6.42 Å². The first-order valence-corrected chi connectivity index (χ1v) is 7.04. The standard InChI is InChI=1S/C14H23N3O2/c1-4-12-13(10(3)16-19-12)14(18)17-7-5-11(6-8-17)9(2)15/h9,11H,4-8,15H2,1-3H3. The van der Waals surface area contributed by atoms with Crippen LogP contribution in [0.4, 0.5) is 0 Å². The summed E-state index contributed by atoms with van der Waals surface area (Å²) in [6, 6.07) is 0.209. The van der Waals surface area contributed by atoms with Crippen molar-refractivity contribution in [3.63, 3.8) is 0 Å². The molecule has 0 saturated carbocycles. The van der Waals surface area contributed by atoms with Gasteiger partial charge < -0.3 is 15.2 Å². The van der Waals surface area contributed by atoms with Gasteiger partial charge in [-0.25, -0.2) is 0 Å². The average Bonchev–Trinajstić information content (AvgIpc) is 2.79. The lowest BCUT2D eigenvalue weighted by Gasteiger charge is -2.33. The molecular weight excluding hydrogens is 242 g/mol. The lowest BCUT2D eigenvalue weighted by molar-refractivity contribution is 0.0678. The Kier molecular flexibility index (Phi) is 4.24. The third-order valence-electron chi connectivity index (χ3n) is 4.04. The predicted octanol–water partition coefficient (Wildman–Crippen LogP) is 1.74. The maximum Gasteiger partial charge on any atom is 0.259 e. The van der Waals surface area contributed by atoms with E-state index in [9.17, 15) is 4.79 Å². The van der Waals surface area contributed by atoms with Crippen LogP contribution in [0.25, 0.3) is 0 Å². The van der Waals surface area contributed by atoms with Gasteiger partial charge in [-0.05, 0) is 32.6 Å². The topological polar surface area (TPSA) is 72.4 Å². The fraction of sp³-hybridized carbons (Fsp3) is 0.714. The van der Waals surface area contributed by atoms with Crippen LogP contribution in [0.1, 0.15) is 48.5 Å². The van der Waals surface area contributed by atoms with Crippen LogP contribution >= 0.6 is 0 Å². The van der Waals surface area contributed by atoms with E-state index >= 15 is 0 Å². The van der Waals surface area contributed by atoms with Crippen molar-refractivity contribution in [1.82, 2.24) is 10.1 Å². The van der Waals surface area contributed by atoms with E-state index in [4.69, 9.17) is 10.3 Å². The molecule has 1 aromatic rings. The highest BCUT2D eigenvalue weighted by molar-refractivity contribution is 5.96. The molecule has 0 aromatic carbocycles. The minimum absolute atomic E-state index is 0.0544. The normalized spacial score (nSPS) is 18.6. The minimum atomic E-state index is 0.0544. The fourth-order valence-corrected chi connectivity index (χ4v) is 2.72. The Hall–Kier alpha value is -1.36. The molecule has 1 unspecified atom stereocenters. The summed E-state index contributed by atoms with van der Waals surface area (Å²) in [4.78, 5) is 14.4. The summed E-state index contributed by atoms with van der Waals surface area (Å²) >= 11 is 0. The smallest absolute Gasteiger partial charge is 0.259 e. The van der Waals surface area contributed by atoms with Crippen LogP contribution in [-0.4, -0.2) is 35.1 Å². The van der Waals surface area contributed by atoms with Crippen molar-refractivity contribution in [3.05, 3.63) is 17.0 Å². The van der Waals surface area contributed by atoms with Gasteiger partial charge in [0, 0.05) is 25.6 Å². The van der Waals surface area contributed by atoms with Crippen molar-refractivity contribution in [1.29, 1.82) is 0 Å². The maximum atomic E-state index is 12.5. The molecule has 1 aliphatic rings. The SMILES string of the molecule is CCc1onc(C)c1C(=O)N1CCC(C(C)N)CC1. The number of amides is 1. The number of piperidine rings is 1. The van der Waals surface area contributed by atoms with Gasteiger partial charge in [-0.1, -0.05) is 12.1 Å². The van der Waals surface area contributed by atoms with Crippen LogP contribution < -0.4 is 5.73 Å². The Morgan fingerprint density at radius 2 is 2.16 bits per heavy atom. The number of hydrogen-bond acceptors (Lipinski definition) is 4. The highest BCUT2D eigenvalue weighted by atomic mass is 16.5. The summed E-state index contributed by atoms with van der Waals surface area (Å²) < 4.78 is 5.20. The van der Waals surface area contributed by atoms with Gasteiger partial charge in [0.25, 0.3) is 5.91 Å². The first-order chi connectivity index (χ1) is 9.04. The fourth-order valence-electron chi connectivity index (χ4n) is 2.72. The van der Waals surface area contributed by atoms with Crippen molar-refractivity contribution in [2.45, 2.75) is 46.1 Å². The summed E-state index contributed by atoms with van der Waals surface area (Å²) in [7, 11) is 0. The van der Waals surface area contributed by atoms with E-state index in [0.717, 1.165) is 25.9 Å². The zero-order chi connectivity index (χ0) is 14.0. The number of hydrogen-bond donors (Lipinski definition) is 1. The van der Waals surface area contributed by atoms with E-state index in [1.165, 1.54) is 0 Å². The molecule has 19 heavy (non-hydrogen) atoms. The van der Waals surface area contributed by atoms with Gasteiger partial charge in [-0.15, -0.1) is 0 Å². The van der Waals surface area contributed by atoms with Crippen LogP contribution in [0, 0.1) is 12.8 Å². The van der Waals surface area contributed by atoms with Crippen LogP contribution in [0.2, 0.25) is 0 Å². The van der Waals surface area contributed by atoms with Crippen molar-refractivity contribution < 1.29 is 9.32 Å². The van der Waals surface area contributed by atoms with E-state index in [-0.39, 0.29) is 11.9 Å². The molecule has 1 saturated heterocycles. The Morgan fingerprint density at radius 3 is 2.68 bits per heavy atom. The second-order valence-corrected chi connectivity index (χ2v) is 5.41. The quantitative estimate of drug-likeness (QED) is 0.903. The molecule has 0 spiro atoms. The number of aromatic nitrogens is 1. The minimum Gasteiger partial charge on any atom is -0.360 e. The molecule has 1 fully saturated rings.